The third-order valence-electron chi connectivity index (χ3n) is 8.16. The smallest absolute Gasteiger partial charge is 0.174 e. The van der Waals surface area contributed by atoms with Crippen molar-refractivity contribution in [2.45, 2.75) is 38.4 Å². The minimum atomic E-state index is -0.230. The zero-order valence-corrected chi connectivity index (χ0v) is 25.8. The Hall–Kier alpha value is -4.07. The van der Waals surface area contributed by atoms with E-state index in [4.69, 9.17) is 38.3 Å². The van der Waals surface area contributed by atoms with Crippen LogP contribution in [0.1, 0.15) is 49.7 Å². The van der Waals surface area contributed by atoms with Gasteiger partial charge >= 0.3 is 0 Å². The predicted octanol–water partition coefficient (Wildman–Crippen LogP) is 8.34. The maximum Gasteiger partial charge on any atom is 0.174 e. The van der Waals surface area contributed by atoms with E-state index >= 15 is 0 Å². The second-order valence-corrected chi connectivity index (χ2v) is 12.0. The number of pyridine rings is 1. The summed E-state index contributed by atoms with van der Waals surface area (Å²) >= 11 is 13.1. The van der Waals surface area contributed by atoms with Crippen molar-refractivity contribution >= 4 is 45.9 Å². The Kier molecular flexibility index (Phi) is 7.33. The highest BCUT2D eigenvalue weighted by atomic mass is 35.5. The zero-order valence-electron chi connectivity index (χ0n) is 24.3. The van der Waals surface area contributed by atoms with Crippen LogP contribution in [0.2, 0.25) is 5.02 Å². The molecule has 0 unspecified atom stereocenters. The van der Waals surface area contributed by atoms with Crippen molar-refractivity contribution in [2.75, 3.05) is 24.0 Å². The molecular weight excluding hydrogens is 564 g/mol. The Morgan fingerprint density at radius 2 is 1.62 bits per heavy atom. The van der Waals surface area contributed by atoms with Gasteiger partial charge in [0, 0.05) is 35.2 Å². The molecule has 6 nitrogen and oxygen atoms in total. The lowest BCUT2D eigenvalue weighted by Gasteiger charge is -2.41. The topological polar surface area (TPSA) is 49.9 Å². The average Bonchev–Trinajstić information content (AvgIpc) is 3.33. The average molecular weight is 597 g/mol. The van der Waals surface area contributed by atoms with Gasteiger partial charge in [0.05, 0.1) is 30.4 Å². The molecule has 42 heavy (non-hydrogen) atoms. The van der Waals surface area contributed by atoms with E-state index in [-0.39, 0.29) is 17.6 Å². The van der Waals surface area contributed by atoms with Crippen molar-refractivity contribution in [1.29, 1.82) is 0 Å². The number of fused-ring (bicyclic) bond motifs is 1. The van der Waals surface area contributed by atoms with E-state index in [0.29, 0.717) is 10.1 Å². The van der Waals surface area contributed by atoms with Gasteiger partial charge in [0.15, 0.2) is 5.11 Å². The van der Waals surface area contributed by atoms with Gasteiger partial charge in [-0.15, -0.1) is 0 Å². The largest absolute Gasteiger partial charge is 0.497 e. The predicted molar refractivity (Wildman–Crippen MR) is 175 cm³/mol. The lowest BCUT2D eigenvalue weighted by Crippen LogP contribution is -2.42. The molecule has 0 saturated carbocycles. The number of aromatic nitrogens is 1. The maximum atomic E-state index is 7.14. The van der Waals surface area contributed by atoms with Crippen LogP contribution in [0.3, 0.4) is 0 Å². The van der Waals surface area contributed by atoms with E-state index in [2.05, 4.69) is 61.1 Å². The summed E-state index contributed by atoms with van der Waals surface area (Å²) in [5, 5.41) is 4.84. The lowest BCUT2D eigenvalue weighted by atomic mass is 9.86. The Bertz CT molecular complexity index is 1660. The number of halogens is 1. The Labute approximate surface area is 257 Å². The number of likely N-dealkylation sites (N-methyl/N-ethyl adjacent to an activating group) is 1. The number of methoxy groups -OCH3 is 1. The fourth-order valence-electron chi connectivity index (χ4n) is 5.82. The van der Waals surface area contributed by atoms with Gasteiger partial charge in [0.25, 0.3) is 0 Å². The third-order valence-corrected chi connectivity index (χ3v) is 8.80. The highest BCUT2D eigenvalue weighted by Gasteiger charge is 2.42. The van der Waals surface area contributed by atoms with Gasteiger partial charge in [-0.2, -0.15) is 0 Å². The van der Waals surface area contributed by atoms with Crippen LogP contribution < -0.4 is 24.6 Å². The Morgan fingerprint density at radius 1 is 0.952 bits per heavy atom. The van der Waals surface area contributed by atoms with Crippen molar-refractivity contribution in [3.05, 3.63) is 113 Å². The summed E-state index contributed by atoms with van der Waals surface area (Å²) in [4.78, 5) is 9.10. The second kappa shape index (κ2) is 11.0. The van der Waals surface area contributed by atoms with Crippen LogP contribution in [0.5, 0.6) is 17.2 Å². The molecule has 0 spiro atoms. The summed E-state index contributed by atoms with van der Waals surface area (Å²) in [7, 11) is 3.76. The molecule has 0 aliphatic carbocycles. The van der Waals surface area contributed by atoms with Gasteiger partial charge in [0.2, 0.25) is 0 Å². The van der Waals surface area contributed by atoms with Crippen LogP contribution in [0.25, 0.3) is 5.57 Å². The number of hydrogen-bond donors (Lipinski definition) is 1. The molecule has 3 aromatic carbocycles. The first-order chi connectivity index (χ1) is 20.2. The summed E-state index contributed by atoms with van der Waals surface area (Å²) in [6.07, 6.45) is 4.11. The molecule has 6 rings (SSSR count). The molecule has 0 amide bonds. The quantitative estimate of drug-likeness (QED) is 0.224. The first kappa shape index (κ1) is 28.1. The fourth-order valence-corrected chi connectivity index (χ4v) is 6.43. The first-order valence-corrected chi connectivity index (χ1v) is 14.6. The molecule has 1 saturated heterocycles. The summed E-state index contributed by atoms with van der Waals surface area (Å²) < 4.78 is 11.3. The monoisotopic (exact) mass is 596 g/mol. The number of anilines is 2. The molecule has 4 aromatic rings. The minimum absolute atomic E-state index is 0.115. The molecule has 214 valence electrons. The number of benzene rings is 3. The molecule has 3 heterocycles. The van der Waals surface area contributed by atoms with Gasteiger partial charge < -0.3 is 24.6 Å². The molecule has 2 aliphatic heterocycles. The molecule has 2 atom stereocenters. The van der Waals surface area contributed by atoms with Crippen LogP contribution in [-0.2, 0) is 0 Å². The molecule has 0 radical (unpaired) electrons. The van der Waals surface area contributed by atoms with Gasteiger partial charge in [-0.1, -0.05) is 23.7 Å². The highest BCUT2D eigenvalue weighted by Crippen LogP contribution is 2.48. The standard InChI is InChI=1S/C34H33ClN4O2S/c1-21-20-34(2,3)38(4)30-19-28(35)27(18-26(21)30)32-31(29-8-6-7-17-36-29)37-33(42)39(32)22-9-11-24(12-10-22)41-25-15-13-23(40-5)14-16-25/h6-20,31-32H,1-5H3,(H,37,42)/t31-,32-/m1/s1. The van der Waals surface area contributed by atoms with Crippen molar-refractivity contribution in [1.82, 2.24) is 10.3 Å². The lowest BCUT2D eigenvalue weighted by molar-refractivity contribution is 0.413. The molecular formula is C34H33ClN4O2S. The van der Waals surface area contributed by atoms with Gasteiger partial charge in [0.1, 0.15) is 17.2 Å². The van der Waals surface area contributed by atoms with Crippen molar-refractivity contribution in [3.63, 3.8) is 0 Å². The summed E-state index contributed by atoms with van der Waals surface area (Å²) in [6.45, 7) is 6.58. The molecule has 0 bridgehead atoms. The van der Waals surface area contributed by atoms with E-state index in [9.17, 15) is 0 Å². The highest BCUT2D eigenvalue weighted by molar-refractivity contribution is 7.80. The van der Waals surface area contributed by atoms with Gasteiger partial charge in [-0.25, -0.2) is 0 Å². The molecule has 1 N–H and O–H groups in total. The number of thiocarbonyl (C=S) groups is 1. The van der Waals surface area contributed by atoms with Crippen LogP contribution in [0, 0.1) is 0 Å². The van der Waals surface area contributed by atoms with E-state index < -0.39 is 0 Å². The summed E-state index contributed by atoms with van der Waals surface area (Å²) in [5.74, 6) is 2.23. The summed E-state index contributed by atoms with van der Waals surface area (Å²) in [6, 6.07) is 25.3. The molecule has 2 aliphatic rings. The van der Waals surface area contributed by atoms with Crippen LogP contribution in [-0.4, -0.2) is 29.8 Å². The zero-order chi connectivity index (χ0) is 29.6. The van der Waals surface area contributed by atoms with Crippen molar-refractivity contribution < 1.29 is 9.47 Å². The first-order valence-electron chi connectivity index (χ1n) is 13.9. The van der Waals surface area contributed by atoms with Crippen LogP contribution in [0.4, 0.5) is 11.4 Å². The minimum Gasteiger partial charge on any atom is -0.497 e. The normalized spacial score (nSPS) is 19.2. The van der Waals surface area contributed by atoms with Crippen LogP contribution in [0.15, 0.2) is 91.1 Å². The number of hydrogen-bond acceptors (Lipinski definition) is 5. The number of rotatable bonds is 6. The van der Waals surface area contributed by atoms with Crippen molar-refractivity contribution in [2.24, 2.45) is 0 Å². The summed E-state index contributed by atoms with van der Waals surface area (Å²) in [5.41, 5.74) is 6.19. The van der Waals surface area contributed by atoms with Gasteiger partial charge in [-0.05, 0) is 117 Å². The van der Waals surface area contributed by atoms with E-state index in [0.717, 1.165) is 45.4 Å². The van der Waals surface area contributed by atoms with Crippen LogP contribution >= 0.6 is 23.8 Å². The SMILES string of the molecule is COc1ccc(Oc2ccc(N3C(=S)N[C@H](c4ccccn4)[C@H]3c3cc4c(cc3Cl)N(C)C(C)(C)C=C4C)cc2)cc1. The van der Waals surface area contributed by atoms with Crippen molar-refractivity contribution in [3.8, 4) is 17.2 Å². The van der Waals surface area contributed by atoms with E-state index in [1.807, 2.05) is 72.9 Å². The number of ether oxygens (including phenoxy) is 2. The maximum absolute atomic E-state index is 7.14. The van der Waals surface area contributed by atoms with E-state index in [1.165, 1.54) is 5.57 Å². The molecule has 1 fully saturated rings. The number of nitrogens with zero attached hydrogens (tertiary/aromatic N) is 3. The fraction of sp³-hybridized carbons (Fsp3) is 0.235. The van der Waals surface area contributed by atoms with Gasteiger partial charge in [-0.3, -0.25) is 4.98 Å². The number of allylic oxidation sites excluding steroid dienone is 1. The Morgan fingerprint density at radius 3 is 2.26 bits per heavy atom. The van der Waals surface area contributed by atoms with E-state index in [1.54, 1.807) is 7.11 Å². The third kappa shape index (κ3) is 5.08. The number of nitrogens with one attached hydrogen (secondary N) is 1. The Balaban J connectivity index is 1.40. The molecule has 8 heteroatoms. The molecule has 1 aromatic heterocycles. The second-order valence-electron chi connectivity index (χ2n) is 11.2.